The van der Waals surface area contributed by atoms with Crippen LogP contribution >= 0.6 is 0 Å². The molecule has 1 amide bonds. The molecule has 142 valence electrons. The van der Waals surface area contributed by atoms with Gasteiger partial charge in [0.05, 0.1) is 0 Å². The van der Waals surface area contributed by atoms with Crippen LogP contribution in [-0.4, -0.2) is 12.5 Å². The highest BCUT2D eigenvalue weighted by atomic mass is 16.1. The van der Waals surface area contributed by atoms with Crippen molar-refractivity contribution in [2.75, 3.05) is 11.4 Å². The first kappa shape index (κ1) is 18.3. The van der Waals surface area contributed by atoms with Crippen LogP contribution in [0.5, 0.6) is 0 Å². The van der Waals surface area contributed by atoms with Crippen LogP contribution in [0.1, 0.15) is 39.0 Å². The third-order valence-corrected chi connectivity index (χ3v) is 5.50. The average molecular weight is 370 g/mol. The fourth-order valence-corrected chi connectivity index (χ4v) is 3.84. The maximum absolute atomic E-state index is 12.5. The van der Waals surface area contributed by atoms with E-state index in [4.69, 9.17) is 0 Å². The fraction of sp³-hybridized carbons (Fsp3) is 0.240. The van der Waals surface area contributed by atoms with E-state index < -0.39 is 0 Å². The van der Waals surface area contributed by atoms with Gasteiger partial charge in [-0.15, -0.1) is 0 Å². The minimum Gasteiger partial charge on any atom is -0.367 e. The molecule has 3 nitrogen and oxygen atoms in total. The third-order valence-electron chi connectivity index (χ3n) is 5.50. The standard InChI is InChI=1S/C25H26N2O/c1-19-7-2-3-9-23(19)17-26-25(28)22-14-12-20(13-15-22)18-27-16-6-10-21-8-4-5-11-24(21)27/h2-5,7-9,11-15H,6,10,16-18H2,1H3,(H,26,28). The van der Waals surface area contributed by atoms with Gasteiger partial charge in [-0.2, -0.15) is 0 Å². The van der Waals surface area contributed by atoms with E-state index in [-0.39, 0.29) is 5.91 Å². The first-order valence-corrected chi connectivity index (χ1v) is 9.95. The molecule has 0 saturated heterocycles. The summed E-state index contributed by atoms with van der Waals surface area (Å²) in [6, 6.07) is 24.8. The van der Waals surface area contributed by atoms with Crippen LogP contribution in [0.25, 0.3) is 0 Å². The van der Waals surface area contributed by atoms with Crippen molar-refractivity contribution < 1.29 is 4.79 Å². The van der Waals surface area contributed by atoms with Gasteiger partial charge >= 0.3 is 0 Å². The van der Waals surface area contributed by atoms with Gasteiger partial charge in [-0.25, -0.2) is 0 Å². The smallest absolute Gasteiger partial charge is 0.251 e. The lowest BCUT2D eigenvalue weighted by atomic mass is 10.0. The van der Waals surface area contributed by atoms with Crippen molar-refractivity contribution in [2.45, 2.75) is 32.9 Å². The Morgan fingerprint density at radius 2 is 1.71 bits per heavy atom. The second kappa shape index (κ2) is 8.30. The number of hydrogen-bond donors (Lipinski definition) is 1. The summed E-state index contributed by atoms with van der Waals surface area (Å²) >= 11 is 0. The summed E-state index contributed by atoms with van der Waals surface area (Å²) in [5, 5.41) is 3.02. The van der Waals surface area contributed by atoms with Crippen LogP contribution in [0.15, 0.2) is 72.8 Å². The Kier molecular flexibility index (Phi) is 5.43. The van der Waals surface area contributed by atoms with E-state index in [0.29, 0.717) is 12.1 Å². The Morgan fingerprint density at radius 3 is 2.54 bits per heavy atom. The number of carbonyl (C=O) groups excluding carboxylic acids is 1. The zero-order chi connectivity index (χ0) is 19.3. The van der Waals surface area contributed by atoms with Crippen molar-refractivity contribution in [2.24, 2.45) is 0 Å². The summed E-state index contributed by atoms with van der Waals surface area (Å²) in [6.07, 6.45) is 2.35. The number of hydrogen-bond acceptors (Lipinski definition) is 2. The van der Waals surface area contributed by atoms with Crippen LogP contribution in [0.4, 0.5) is 5.69 Å². The maximum Gasteiger partial charge on any atom is 0.251 e. The van der Waals surface area contributed by atoms with Crippen molar-refractivity contribution in [1.82, 2.24) is 5.32 Å². The Morgan fingerprint density at radius 1 is 0.964 bits per heavy atom. The number of anilines is 1. The summed E-state index contributed by atoms with van der Waals surface area (Å²) in [4.78, 5) is 14.9. The highest BCUT2D eigenvalue weighted by Gasteiger charge is 2.16. The highest BCUT2D eigenvalue weighted by molar-refractivity contribution is 5.94. The van der Waals surface area contributed by atoms with E-state index in [9.17, 15) is 4.79 Å². The van der Waals surface area contributed by atoms with Crippen molar-refractivity contribution >= 4 is 11.6 Å². The first-order chi connectivity index (χ1) is 13.7. The van der Waals surface area contributed by atoms with Crippen LogP contribution in [-0.2, 0) is 19.5 Å². The van der Waals surface area contributed by atoms with Crippen molar-refractivity contribution in [3.63, 3.8) is 0 Å². The molecule has 3 aromatic rings. The predicted octanol–water partition coefficient (Wildman–Crippen LogP) is 4.88. The monoisotopic (exact) mass is 370 g/mol. The lowest BCUT2D eigenvalue weighted by Gasteiger charge is -2.31. The van der Waals surface area contributed by atoms with Crippen LogP contribution in [0, 0.1) is 6.92 Å². The van der Waals surface area contributed by atoms with Gasteiger partial charge in [0.1, 0.15) is 0 Å². The number of nitrogens with zero attached hydrogens (tertiary/aromatic N) is 1. The summed E-state index contributed by atoms with van der Waals surface area (Å²) in [7, 11) is 0. The molecule has 1 aliphatic heterocycles. The Bertz CT molecular complexity index is 962. The van der Waals surface area contributed by atoms with Crippen LogP contribution in [0.2, 0.25) is 0 Å². The molecule has 0 aliphatic carbocycles. The lowest BCUT2D eigenvalue weighted by molar-refractivity contribution is 0.0951. The molecule has 1 aliphatic rings. The largest absolute Gasteiger partial charge is 0.367 e. The second-order valence-corrected chi connectivity index (χ2v) is 7.46. The molecule has 1 heterocycles. The molecule has 0 saturated carbocycles. The Hall–Kier alpha value is -3.07. The van der Waals surface area contributed by atoms with Gasteiger partial charge in [0.15, 0.2) is 0 Å². The number of para-hydroxylation sites is 1. The van der Waals surface area contributed by atoms with E-state index in [1.165, 1.54) is 28.8 Å². The van der Waals surface area contributed by atoms with Crippen molar-refractivity contribution in [3.05, 3.63) is 101 Å². The topological polar surface area (TPSA) is 32.3 Å². The molecule has 0 spiro atoms. The summed E-state index contributed by atoms with van der Waals surface area (Å²) in [5.41, 5.74) is 7.05. The van der Waals surface area contributed by atoms with Gasteiger partial charge in [-0.05, 0) is 60.2 Å². The number of carbonyl (C=O) groups is 1. The summed E-state index contributed by atoms with van der Waals surface area (Å²) in [5.74, 6) is -0.0295. The maximum atomic E-state index is 12.5. The molecular formula is C25H26N2O. The molecule has 0 atom stereocenters. The normalized spacial score (nSPS) is 13.1. The van der Waals surface area contributed by atoms with E-state index in [0.717, 1.165) is 25.1 Å². The summed E-state index contributed by atoms with van der Waals surface area (Å²) in [6.45, 7) is 4.57. The number of amides is 1. The Labute approximate surface area is 167 Å². The van der Waals surface area contributed by atoms with E-state index in [1.807, 2.05) is 24.3 Å². The second-order valence-electron chi connectivity index (χ2n) is 7.46. The van der Waals surface area contributed by atoms with E-state index >= 15 is 0 Å². The number of benzene rings is 3. The zero-order valence-corrected chi connectivity index (χ0v) is 16.3. The molecule has 28 heavy (non-hydrogen) atoms. The third kappa shape index (κ3) is 4.09. The van der Waals surface area contributed by atoms with Gasteiger partial charge in [-0.1, -0.05) is 54.6 Å². The number of rotatable bonds is 5. The van der Waals surface area contributed by atoms with Gasteiger partial charge < -0.3 is 10.2 Å². The molecule has 0 radical (unpaired) electrons. The number of aryl methyl sites for hydroxylation is 2. The molecule has 0 bridgehead atoms. The molecule has 3 aromatic carbocycles. The first-order valence-electron chi connectivity index (χ1n) is 9.95. The molecule has 0 unspecified atom stereocenters. The lowest BCUT2D eigenvalue weighted by Crippen LogP contribution is -2.28. The Balaban J connectivity index is 1.39. The minimum absolute atomic E-state index is 0.0295. The van der Waals surface area contributed by atoms with Crippen molar-refractivity contribution in [1.29, 1.82) is 0 Å². The van der Waals surface area contributed by atoms with Crippen molar-refractivity contribution in [3.8, 4) is 0 Å². The van der Waals surface area contributed by atoms with Gasteiger partial charge in [0.2, 0.25) is 0 Å². The molecule has 0 fully saturated rings. The molecule has 3 heteroatoms. The molecule has 1 N–H and O–H groups in total. The van der Waals surface area contributed by atoms with E-state index in [2.05, 4.69) is 65.7 Å². The quantitative estimate of drug-likeness (QED) is 0.694. The van der Waals surface area contributed by atoms with E-state index in [1.54, 1.807) is 0 Å². The van der Waals surface area contributed by atoms with Crippen LogP contribution in [0.3, 0.4) is 0 Å². The number of fused-ring (bicyclic) bond motifs is 1. The predicted molar refractivity (Wildman–Crippen MR) is 115 cm³/mol. The fourth-order valence-electron chi connectivity index (χ4n) is 3.84. The summed E-state index contributed by atoms with van der Waals surface area (Å²) < 4.78 is 0. The molecular weight excluding hydrogens is 344 g/mol. The van der Waals surface area contributed by atoms with Gasteiger partial charge in [0.25, 0.3) is 5.91 Å². The van der Waals surface area contributed by atoms with Crippen LogP contribution < -0.4 is 10.2 Å². The molecule has 0 aromatic heterocycles. The SMILES string of the molecule is Cc1ccccc1CNC(=O)c1ccc(CN2CCCc3ccccc32)cc1. The molecule has 4 rings (SSSR count). The number of nitrogens with one attached hydrogen (secondary N) is 1. The van der Waals surface area contributed by atoms with Gasteiger partial charge in [-0.3, -0.25) is 4.79 Å². The highest BCUT2D eigenvalue weighted by Crippen LogP contribution is 2.28. The minimum atomic E-state index is -0.0295. The van der Waals surface area contributed by atoms with Gasteiger partial charge in [0, 0.05) is 30.9 Å². The zero-order valence-electron chi connectivity index (χ0n) is 16.3. The average Bonchev–Trinajstić information content (AvgIpc) is 2.74.